The monoisotopic (exact) mass is 460 g/mol. The third-order valence-corrected chi connectivity index (χ3v) is 4.49. The van der Waals surface area contributed by atoms with E-state index in [4.69, 9.17) is 14.7 Å². The predicted octanol–water partition coefficient (Wildman–Crippen LogP) is 3.24. The van der Waals surface area contributed by atoms with Crippen LogP contribution in [0.25, 0.3) is 0 Å². The first kappa shape index (κ1) is 22.2. The Hall–Kier alpha value is -3.05. The summed E-state index contributed by atoms with van der Waals surface area (Å²) in [4.78, 5) is 23.5. The summed E-state index contributed by atoms with van der Waals surface area (Å²) in [6, 6.07) is 12.2. The van der Waals surface area contributed by atoms with Crippen LogP contribution < -0.4 is 14.8 Å². The number of halogens is 1. The fraction of sp³-hybridized carbons (Fsp3) is 0.286. The average Bonchev–Trinajstić information content (AvgIpc) is 2.73. The van der Waals surface area contributed by atoms with Crippen molar-refractivity contribution in [1.82, 2.24) is 5.32 Å². The lowest BCUT2D eigenvalue weighted by atomic mass is 10.1. The second-order valence-corrected chi connectivity index (χ2v) is 6.76. The Kier molecular flexibility index (Phi) is 8.49. The number of hydrogen-bond donors (Lipinski definition) is 1. The molecule has 152 valence electrons. The van der Waals surface area contributed by atoms with Gasteiger partial charge in [-0.1, -0.05) is 12.1 Å². The Labute approximate surface area is 177 Å². The SMILES string of the molecule is CCOc1cc(C#N)cc(Br)c1OCC(=O)NCCc1ccc(C(=O)OC)cc1. The van der Waals surface area contributed by atoms with E-state index >= 15 is 0 Å². The fourth-order valence-electron chi connectivity index (χ4n) is 2.50. The zero-order valence-electron chi connectivity index (χ0n) is 16.2. The Morgan fingerprint density at radius 2 is 1.90 bits per heavy atom. The molecule has 29 heavy (non-hydrogen) atoms. The molecule has 0 radical (unpaired) electrons. The minimum Gasteiger partial charge on any atom is -0.490 e. The van der Waals surface area contributed by atoms with Crippen LogP contribution in [0.1, 0.15) is 28.4 Å². The normalized spacial score (nSPS) is 10.0. The number of nitrogens with one attached hydrogen (secondary N) is 1. The molecule has 0 aliphatic heterocycles. The number of carbonyl (C=O) groups excluding carboxylic acids is 2. The molecule has 2 aromatic carbocycles. The van der Waals surface area contributed by atoms with E-state index in [1.54, 1.807) is 24.3 Å². The summed E-state index contributed by atoms with van der Waals surface area (Å²) < 4.78 is 16.3. The highest BCUT2D eigenvalue weighted by molar-refractivity contribution is 9.10. The lowest BCUT2D eigenvalue weighted by Gasteiger charge is -2.14. The van der Waals surface area contributed by atoms with E-state index in [0.717, 1.165) is 5.56 Å². The van der Waals surface area contributed by atoms with E-state index in [-0.39, 0.29) is 18.5 Å². The molecular weight excluding hydrogens is 440 g/mol. The molecule has 8 heteroatoms. The van der Waals surface area contributed by atoms with Gasteiger partial charge in [-0.25, -0.2) is 4.79 Å². The number of carbonyl (C=O) groups is 2. The Morgan fingerprint density at radius 3 is 2.52 bits per heavy atom. The first-order chi connectivity index (χ1) is 14.0. The van der Waals surface area contributed by atoms with Gasteiger partial charge in [-0.2, -0.15) is 5.26 Å². The number of rotatable bonds is 9. The number of ether oxygens (including phenoxy) is 3. The highest BCUT2D eigenvalue weighted by Gasteiger charge is 2.14. The molecule has 7 nitrogen and oxygen atoms in total. The minimum absolute atomic E-state index is 0.189. The number of nitrogens with zero attached hydrogens (tertiary/aromatic N) is 1. The summed E-state index contributed by atoms with van der Waals surface area (Å²) >= 11 is 3.34. The lowest BCUT2D eigenvalue weighted by Crippen LogP contribution is -2.30. The van der Waals surface area contributed by atoms with E-state index in [1.807, 2.05) is 25.1 Å². The standard InChI is InChI=1S/C21H21BrN2O5/c1-3-28-18-11-15(12-23)10-17(22)20(18)29-13-19(25)24-9-8-14-4-6-16(7-5-14)21(26)27-2/h4-7,10-11H,3,8-9,13H2,1-2H3,(H,24,25). The molecule has 0 unspecified atom stereocenters. The second-order valence-electron chi connectivity index (χ2n) is 5.91. The summed E-state index contributed by atoms with van der Waals surface area (Å²) in [5.41, 5.74) is 1.88. The van der Waals surface area contributed by atoms with Crippen molar-refractivity contribution in [3.63, 3.8) is 0 Å². The van der Waals surface area contributed by atoms with Crippen LogP contribution in [0, 0.1) is 11.3 Å². The third-order valence-electron chi connectivity index (χ3n) is 3.90. The van der Waals surface area contributed by atoms with Gasteiger partial charge in [-0.15, -0.1) is 0 Å². The van der Waals surface area contributed by atoms with Gasteiger partial charge in [0.15, 0.2) is 18.1 Å². The minimum atomic E-state index is -0.387. The lowest BCUT2D eigenvalue weighted by molar-refractivity contribution is -0.123. The fourth-order valence-corrected chi connectivity index (χ4v) is 3.05. The number of hydrogen-bond acceptors (Lipinski definition) is 6. The van der Waals surface area contributed by atoms with Crippen LogP contribution in [-0.4, -0.2) is 38.7 Å². The highest BCUT2D eigenvalue weighted by Crippen LogP contribution is 2.36. The van der Waals surface area contributed by atoms with Gasteiger partial charge < -0.3 is 19.5 Å². The van der Waals surface area contributed by atoms with Crippen molar-refractivity contribution >= 4 is 27.8 Å². The molecule has 2 aromatic rings. The van der Waals surface area contributed by atoms with Gasteiger partial charge >= 0.3 is 5.97 Å². The van der Waals surface area contributed by atoms with E-state index in [1.165, 1.54) is 7.11 Å². The Balaban J connectivity index is 1.86. The smallest absolute Gasteiger partial charge is 0.337 e. The van der Waals surface area contributed by atoms with Gasteiger partial charge in [0, 0.05) is 12.6 Å². The maximum Gasteiger partial charge on any atom is 0.337 e. The van der Waals surface area contributed by atoms with Gasteiger partial charge in [-0.3, -0.25) is 4.79 Å². The van der Waals surface area contributed by atoms with Crippen molar-refractivity contribution in [2.75, 3.05) is 26.9 Å². The molecule has 2 rings (SSSR count). The number of esters is 1. The van der Waals surface area contributed by atoms with Gasteiger partial charge in [0.2, 0.25) is 0 Å². The third kappa shape index (κ3) is 6.50. The molecule has 0 spiro atoms. The second kappa shape index (κ2) is 11.1. The van der Waals surface area contributed by atoms with Gasteiger partial charge in [0.1, 0.15) is 0 Å². The van der Waals surface area contributed by atoms with Crippen LogP contribution >= 0.6 is 15.9 Å². The number of benzene rings is 2. The van der Waals surface area contributed by atoms with Gasteiger partial charge in [0.05, 0.1) is 35.4 Å². The summed E-state index contributed by atoms with van der Waals surface area (Å²) in [6.07, 6.45) is 0.609. The molecule has 0 atom stereocenters. The summed E-state index contributed by atoms with van der Waals surface area (Å²) in [5.74, 6) is 0.105. The Bertz CT molecular complexity index is 907. The van der Waals surface area contributed by atoms with Crippen LogP contribution in [0.3, 0.4) is 0 Å². The van der Waals surface area contributed by atoms with Crippen LogP contribution in [0.15, 0.2) is 40.9 Å². The van der Waals surface area contributed by atoms with Crippen molar-refractivity contribution in [3.05, 3.63) is 57.6 Å². The van der Waals surface area contributed by atoms with Crippen LogP contribution in [0.2, 0.25) is 0 Å². The molecular formula is C21H21BrN2O5. The van der Waals surface area contributed by atoms with Gasteiger partial charge in [0.25, 0.3) is 5.91 Å². The molecule has 0 aliphatic carbocycles. The molecule has 0 aliphatic rings. The molecule has 0 saturated heterocycles. The highest BCUT2D eigenvalue weighted by atomic mass is 79.9. The zero-order chi connectivity index (χ0) is 21.2. The maximum atomic E-state index is 12.1. The summed E-state index contributed by atoms with van der Waals surface area (Å²) in [6.45, 7) is 2.46. The van der Waals surface area contributed by atoms with Crippen molar-refractivity contribution in [1.29, 1.82) is 5.26 Å². The maximum absolute atomic E-state index is 12.1. The molecule has 1 N–H and O–H groups in total. The summed E-state index contributed by atoms with van der Waals surface area (Å²) in [5, 5.41) is 11.8. The first-order valence-electron chi connectivity index (χ1n) is 8.91. The largest absolute Gasteiger partial charge is 0.490 e. The van der Waals surface area contributed by atoms with Crippen LogP contribution in [-0.2, 0) is 16.0 Å². The molecule has 0 fully saturated rings. The molecule has 0 saturated carbocycles. The van der Waals surface area contributed by atoms with Crippen molar-refractivity contribution in [2.24, 2.45) is 0 Å². The van der Waals surface area contributed by atoms with E-state index in [0.29, 0.717) is 46.7 Å². The first-order valence-corrected chi connectivity index (χ1v) is 9.71. The summed E-state index contributed by atoms with van der Waals surface area (Å²) in [7, 11) is 1.33. The topological polar surface area (TPSA) is 97.6 Å². The zero-order valence-corrected chi connectivity index (χ0v) is 17.7. The average molecular weight is 461 g/mol. The van der Waals surface area contributed by atoms with Crippen molar-refractivity contribution in [3.8, 4) is 17.6 Å². The molecule has 1 amide bonds. The number of methoxy groups -OCH3 is 1. The van der Waals surface area contributed by atoms with Crippen molar-refractivity contribution in [2.45, 2.75) is 13.3 Å². The molecule has 0 bridgehead atoms. The van der Waals surface area contributed by atoms with Crippen LogP contribution in [0.5, 0.6) is 11.5 Å². The molecule has 0 heterocycles. The number of amides is 1. The van der Waals surface area contributed by atoms with E-state index < -0.39 is 0 Å². The van der Waals surface area contributed by atoms with E-state index in [9.17, 15) is 9.59 Å². The van der Waals surface area contributed by atoms with Gasteiger partial charge in [-0.05, 0) is 53.0 Å². The van der Waals surface area contributed by atoms with E-state index in [2.05, 4.69) is 26.0 Å². The number of nitriles is 1. The Morgan fingerprint density at radius 1 is 1.17 bits per heavy atom. The molecule has 0 aromatic heterocycles. The quantitative estimate of drug-likeness (QED) is 0.576. The predicted molar refractivity (Wildman–Crippen MR) is 110 cm³/mol. The van der Waals surface area contributed by atoms with Crippen molar-refractivity contribution < 1.29 is 23.8 Å². The van der Waals surface area contributed by atoms with Crippen LogP contribution in [0.4, 0.5) is 0 Å².